The van der Waals surface area contributed by atoms with E-state index in [0.717, 1.165) is 5.56 Å². The van der Waals surface area contributed by atoms with Crippen molar-refractivity contribution in [2.75, 3.05) is 5.43 Å². The molecule has 0 aliphatic rings. The van der Waals surface area contributed by atoms with Crippen LogP contribution in [0.25, 0.3) is 11.2 Å². The van der Waals surface area contributed by atoms with Gasteiger partial charge in [0.25, 0.3) is 0 Å². The van der Waals surface area contributed by atoms with Gasteiger partial charge in [-0.25, -0.2) is 34.4 Å². The lowest BCUT2D eigenvalue weighted by Crippen LogP contribution is -2.12. The van der Waals surface area contributed by atoms with E-state index in [1.165, 1.54) is 18.5 Å². The largest absolute Gasteiger partial charge is 0.311 e. The molecular formula is C12H14ClN7O2S. The summed E-state index contributed by atoms with van der Waals surface area (Å²) in [6.45, 7) is 0.475. The number of nitrogens with one attached hydrogen (secondary N) is 1. The molecule has 0 fully saturated rings. The number of nitrogens with two attached hydrogens (primary N) is 2. The van der Waals surface area contributed by atoms with Gasteiger partial charge in [-0.15, -0.1) is 12.4 Å². The Kier molecular flexibility index (Phi) is 4.80. The molecule has 0 aliphatic carbocycles. The fourth-order valence-corrected chi connectivity index (χ4v) is 2.60. The zero-order chi connectivity index (χ0) is 15.7. The van der Waals surface area contributed by atoms with Gasteiger partial charge in [0.2, 0.25) is 10.0 Å². The van der Waals surface area contributed by atoms with Crippen LogP contribution in [0.2, 0.25) is 0 Å². The smallest absolute Gasteiger partial charge is 0.238 e. The van der Waals surface area contributed by atoms with Crippen molar-refractivity contribution < 1.29 is 8.42 Å². The minimum Gasteiger partial charge on any atom is -0.311 e. The van der Waals surface area contributed by atoms with Gasteiger partial charge in [0, 0.05) is 0 Å². The van der Waals surface area contributed by atoms with E-state index in [2.05, 4.69) is 20.4 Å². The van der Waals surface area contributed by atoms with Crippen LogP contribution >= 0.6 is 12.4 Å². The number of halogens is 1. The molecule has 0 radical (unpaired) electrons. The number of nitrogens with zero attached hydrogens (tertiary/aromatic N) is 4. The van der Waals surface area contributed by atoms with Crippen LogP contribution < -0.4 is 16.4 Å². The highest BCUT2D eigenvalue weighted by Crippen LogP contribution is 2.18. The van der Waals surface area contributed by atoms with E-state index >= 15 is 0 Å². The number of sulfonamides is 1. The predicted molar refractivity (Wildman–Crippen MR) is 87.3 cm³/mol. The van der Waals surface area contributed by atoms with Crippen molar-refractivity contribution in [3.8, 4) is 0 Å². The first kappa shape index (κ1) is 17.1. The number of primary sulfonamides is 1. The summed E-state index contributed by atoms with van der Waals surface area (Å²) in [5, 5.41) is 5.07. The molecule has 0 spiro atoms. The van der Waals surface area contributed by atoms with Crippen LogP contribution in [-0.2, 0) is 16.6 Å². The number of anilines is 1. The zero-order valence-corrected chi connectivity index (χ0v) is 13.4. The average molecular weight is 356 g/mol. The molecule has 0 unspecified atom stereocenters. The summed E-state index contributed by atoms with van der Waals surface area (Å²) in [6.07, 6.45) is 3.01. The van der Waals surface area contributed by atoms with Crippen molar-refractivity contribution in [2.45, 2.75) is 11.4 Å². The van der Waals surface area contributed by atoms with E-state index in [1.54, 1.807) is 18.5 Å². The number of aromatic nitrogens is 4. The number of benzene rings is 1. The van der Waals surface area contributed by atoms with Crippen LogP contribution in [0.1, 0.15) is 5.56 Å². The lowest BCUT2D eigenvalue weighted by molar-refractivity contribution is 0.597. The van der Waals surface area contributed by atoms with Gasteiger partial charge < -0.3 is 9.99 Å². The first-order valence-corrected chi connectivity index (χ1v) is 7.78. The first-order chi connectivity index (χ1) is 10.5. The first-order valence-electron chi connectivity index (χ1n) is 6.23. The maximum Gasteiger partial charge on any atom is 0.238 e. The van der Waals surface area contributed by atoms with Gasteiger partial charge in [-0.2, -0.15) is 0 Å². The zero-order valence-electron chi connectivity index (χ0n) is 11.7. The quantitative estimate of drug-likeness (QED) is 0.449. The molecule has 0 saturated heterocycles. The van der Waals surface area contributed by atoms with E-state index in [1.807, 2.05) is 4.57 Å². The highest BCUT2D eigenvalue weighted by Gasteiger charge is 2.10. The molecule has 9 nitrogen and oxygen atoms in total. The van der Waals surface area contributed by atoms with Crippen LogP contribution in [0.4, 0.5) is 5.82 Å². The molecule has 2 heterocycles. The molecule has 0 atom stereocenters. The lowest BCUT2D eigenvalue weighted by atomic mass is 10.2. The van der Waals surface area contributed by atoms with E-state index in [9.17, 15) is 8.42 Å². The van der Waals surface area contributed by atoms with Gasteiger partial charge in [0.1, 0.15) is 6.33 Å². The second-order valence-corrected chi connectivity index (χ2v) is 6.16. The van der Waals surface area contributed by atoms with Crippen molar-refractivity contribution in [3.63, 3.8) is 0 Å². The minimum atomic E-state index is -3.69. The van der Waals surface area contributed by atoms with E-state index in [0.29, 0.717) is 23.5 Å². The molecular weight excluding hydrogens is 342 g/mol. The summed E-state index contributed by atoms with van der Waals surface area (Å²) in [7, 11) is -3.69. The Bertz CT molecular complexity index is 924. The summed E-state index contributed by atoms with van der Waals surface area (Å²) in [5.41, 5.74) is 4.53. The number of fused-ring (bicyclic) bond motifs is 1. The number of hydrogen-bond donors (Lipinski definition) is 3. The Labute approximate surface area is 138 Å². The number of hydrogen-bond acceptors (Lipinski definition) is 7. The molecule has 122 valence electrons. The van der Waals surface area contributed by atoms with Gasteiger partial charge in [0.15, 0.2) is 17.0 Å². The van der Waals surface area contributed by atoms with Crippen molar-refractivity contribution in [3.05, 3.63) is 42.5 Å². The van der Waals surface area contributed by atoms with E-state index in [-0.39, 0.29) is 17.3 Å². The van der Waals surface area contributed by atoms with Crippen molar-refractivity contribution in [1.82, 2.24) is 19.5 Å². The van der Waals surface area contributed by atoms with Gasteiger partial charge in [0.05, 0.1) is 17.8 Å². The Morgan fingerprint density at radius 1 is 1.13 bits per heavy atom. The number of rotatable bonds is 4. The summed E-state index contributed by atoms with van der Waals surface area (Å²) < 4.78 is 24.3. The molecule has 0 amide bonds. The molecule has 11 heteroatoms. The Balaban J connectivity index is 0.00000192. The second-order valence-electron chi connectivity index (χ2n) is 4.60. The third kappa shape index (κ3) is 3.40. The average Bonchev–Trinajstić information content (AvgIpc) is 2.90. The molecule has 2 aromatic heterocycles. The standard InChI is InChI=1S/C12H13N7O2S.ClH/c13-18-11-10-12(16-6-15-11)19(7-17-10)5-8-1-3-9(4-2-8)22(14,20)21;/h1-4,6-7H,5,13H2,(H2,14,20,21)(H,15,16,18);1H. The minimum absolute atomic E-state index is 0. The molecule has 0 bridgehead atoms. The predicted octanol–water partition coefficient (Wildman–Crippen LogP) is 0.229. The molecule has 23 heavy (non-hydrogen) atoms. The molecule has 0 aliphatic heterocycles. The maximum atomic E-state index is 11.2. The molecule has 3 rings (SSSR count). The number of nitrogen functional groups attached to an aromatic ring is 1. The van der Waals surface area contributed by atoms with Crippen LogP contribution in [0.5, 0.6) is 0 Å². The monoisotopic (exact) mass is 355 g/mol. The molecule has 5 N–H and O–H groups in total. The molecule has 3 aromatic rings. The second kappa shape index (κ2) is 6.46. The SMILES string of the molecule is Cl.NNc1ncnc2c1ncn2Cc1ccc(S(N)(=O)=O)cc1. The van der Waals surface area contributed by atoms with Crippen molar-refractivity contribution in [1.29, 1.82) is 0 Å². The van der Waals surface area contributed by atoms with Crippen molar-refractivity contribution in [2.24, 2.45) is 11.0 Å². The summed E-state index contributed by atoms with van der Waals surface area (Å²) in [6, 6.07) is 6.31. The number of imidazole rings is 1. The Hall–Kier alpha value is -2.27. The Morgan fingerprint density at radius 2 is 1.83 bits per heavy atom. The maximum absolute atomic E-state index is 11.2. The summed E-state index contributed by atoms with van der Waals surface area (Å²) in [5.74, 6) is 5.82. The highest BCUT2D eigenvalue weighted by atomic mass is 35.5. The number of hydrazine groups is 1. The molecule has 1 aromatic carbocycles. The molecule has 0 saturated carbocycles. The van der Waals surface area contributed by atoms with E-state index < -0.39 is 10.0 Å². The van der Waals surface area contributed by atoms with Crippen molar-refractivity contribution >= 4 is 39.4 Å². The fraction of sp³-hybridized carbons (Fsp3) is 0.0833. The normalized spacial score (nSPS) is 11.2. The fourth-order valence-electron chi connectivity index (χ4n) is 2.08. The van der Waals surface area contributed by atoms with Gasteiger partial charge in [-0.3, -0.25) is 0 Å². The van der Waals surface area contributed by atoms with Crippen LogP contribution in [0, 0.1) is 0 Å². The van der Waals surface area contributed by atoms with Gasteiger partial charge in [-0.1, -0.05) is 12.1 Å². The van der Waals surface area contributed by atoms with Gasteiger partial charge in [-0.05, 0) is 17.7 Å². The topological polar surface area (TPSA) is 142 Å². The van der Waals surface area contributed by atoms with Crippen LogP contribution in [0.3, 0.4) is 0 Å². The third-order valence-electron chi connectivity index (χ3n) is 3.14. The Morgan fingerprint density at radius 3 is 2.43 bits per heavy atom. The highest BCUT2D eigenvalue weighted by molar-refractivity contribution is 7.89. The summed E-state index contributed by atoms with van der Waals surface area (Å²) >= 11 is 0. The lowest BCUT2D eigenvalue weighted by Gasteiger charge is -2.05. The van der Waals surface area contributed by atoms with Crippen LogP contribution in [-0.4, -0.2) is 27.9 Å². The van der Waals surface area contributed by atoms with Crippen LogP contribution in [0.15, 0.2) is 41.8 Å². The summed E-state index contributed by atoms with van der Waals surface area (Å²) in [4.78, 5) is 12.5. The van der Waals surface area contributed by atoms with Gasteiger partial charge >= 0.3 is 0 Å². The van der Waals surface area contributed by atoms with E-state index in [4.69, 9.17) is 11.0 Å². The third-order valence-corrected chi connectivity index (χ3v) is 4.07.